The molecule has 3 nitrogen and oxygen atoms in total. The number of hydrogen-bond donors (Lipinski definition) is 1. The first kappa shape index (κ1) is 16.9. The summed E-state index contributed by atoms with van der Waals surface area (Å²) < 4.78 is 18.3. The van der Waals surface area contributed by atoms with Gasteiger partial charge in [0.15, 0.2) is 0 Å². The zero-order valence-corrected chi connectivity index (χ0v) is 14.9. The van der Waals surface area contributed by atoms with Gasteiger partial charge >= 0.3 is 7.52 Å². The first-order chi connectivity index (χ1) is 10.3. The maximum absolute atomic E-state index is 12.7. The summed E-state index contributed by atoms with van der Waals surface area (Å²) in [5.74, 6) is 1.04. The van der Waals surface area contributed by atoms with Crippen molar-refractivity contribution < 1.29 is 9.09 Å². The molecule has 0 saturated heterocycles. The topological polar surface area (TPSA) is 38.3 Å². The second kappa shape index (κ2) is 6.76. The third-order valence-corrected chi connectivity index (χ3v) is 5.03. The summed E-state index contributed by atoms with van der Waals surface area (Å²) in [6.45, 7) is 7.69. The molecule has 0 bridgehead atoms. The van der Waals surface area contributed by atoms with Gasteiger partial charge in [-0.25, -0.2) is 0 Å². The van der Waals surface area contributed by atoms with Gasteiger partial charge in [0.05, 0.1) is 0 Å². The molecule has 0 aromatic heterocycles. The molecule has 2 aromatic carbocycles. The molecular weight excluding hydrogens is 317 g/mol. The minimum Gasteiger partial charge on any atom is -0.429 e. The van der Waals surface area contributed by atoms with Gasteiger partial charge in [0.1, 0.15) is 5.75 Å². The van der Waals surface area contributed by atoms with Crippen molar-refractivity contribution >= 4 is 24.8 Å². The van der Waals surface area contributed by atoms with Crippen LogP contribution < -0.4 is 9.61 Å². The van der Waals surface area contributed by atoms with Crippen molar-refractivity contribution in [2.24, 2.45) is 0 Å². The minimum absolute atomic E-state index is 0.453. The Morgan fingerprint density at radius 2 is 1.77 bits per heavy atom. The lowest BCUT2D eigenvalue weighted by Gasteiger charge is -2.19. The Kier molecular flexibility index (Phi) is 5.20. The summed E-state index contributed by atoms with van der Waals surface area (Å²) in [5.41, 5.74) is 2.79. The molecule has 2 aromatic rings. The van der Waals surface area contributed by atoms with Gasteiger partial charge in [0, 0.05) is 17.4 Å². The van der Waals surface area contributed by atoms with Crippen LogP contribution in [0.5, 0.6) is 5.75 Å². The third-order valence-electron chi connectivity index (χ3n) is 3.42. The van der Waals surface area contributed by atoms with Gasteiger partial charge in [0.2, 0.25) is 0 Å². The fourth-order valence-electron chi connectivity index (χ4n) is 2.08. The molecule has 22 heavy (non-hydrogen) atoms. The highest BCUT2D eigenvalue weighted by Gasteiger charge is 2.19. The van der Waals surface area contributed by atoms with Crippen LogP contribution in [0.2, 0.25) is 5.02 Å². The molecule has 1 N–H and O–H groups in total. The quantitative estimate of drug-likeness (QED) is 0.671. The number of hydrogen-bond acceptors (Lipinski definition) is 2. The third kappa shape index (κ3) is 4.28. The van der Waals surface area contributed by atoms with Crippen molar-refractivity contribution in [3.05, 3.63) is 58.6 Å². The Bertz CT molecular complexity index is 698. The molecule has 0 aliphatic carbocycles. The first-order valence-corrected chi connectivity index (χ1v) is 9.64. The number of nitrogens with one attached hydrogen (secondary N) is 1. The number of anilines is 1. The first-order valence-electron chi connectivity index (χ1n) is 7.19. The monoisotopic (exact) mass is 337 g/mol. The van der Waals surface area contributed by atoms with Crippen molar-refractivity contribution in [3.63, 3.8) is 0 Å². The fourth-order valence-corrected chi connectivity index (χ4v) is 3.51. The second-order valence-electron chi connectivity index (χ2n) is 5.69. The van der Waals surface area contributed by atoms with Crippen LogP contribution >= 0.6 is 19.1 Å². The van der Waals surface area contributed by atoms with E-state index < -0.39 is 7.52 Å². The molecule has 0 spiro atoms. The van der Waals surface area contributed by atoms with Crippen molar-refractivity contribution in [1.82, 2.24) is 0 Å². The summed E-state index contributed by atoms with van der Waals surface area (Å²) in [6.07, 6.45) is 0. The van der Waals surface area contributed by atoms with Gasteiger partial charge in [-0.3, -0.25) is 4.57 Å². The van der Waals surface area contributed by atoms with Gasteiger partial charge in [-0.2, -0.15) is 0 Å². The average molecular weight is 338 g/mol. The van der Waals surface area contributed by atoms with E-state index in [1.165, 1.54) is 5.56 Å². The Morgan fingerprint density at radius 3 is 2.36 bits per heavy atom. The van der Waals surface area contributed by atoms with E-state index in [4.69, 9.17) is 16.1 Å². The molecule has 0 saturated carbocycles. The predicted molar refractivity (Wildman–Crippen MR) is 94.5 cm³/mol. The molecule has 118 valence electrons. The van der Waals surface area contributed by atoms with E-state index >= 15 is 0 Å². The van der Waals surface area contributed by atoms with Gasteiger partial charge in [-0.05, 0) is 48.2 Å². The molecule has 0 aliphatic heterocycles. The lowest BCUT2D eigenvalue weighted by molar-refractivity contribution is 0.493. The molecule has 2 rings (SSSR count). The van der Waals surface area contributed by atoms with Crippen LogP contribution in [0.3, 0.4) is 0 Å². The summed E-state index contributed by atoms with van der Waals surface area (Å²) in [4.78, 5) is 0. The Balaban J connectivity index is 2.13. The molecule has 5 heteroatoms. The predicted octanol–water partition coefficient (Wildman–Crippen LogP) is 6.09. The normalized spacial score (nSPS) is 13.7. The molecule has 0 amide bonds. The van der Waals surface area contributed by atoms with Crippen molar-refractivity contribution in [2.75, 3.05) is 11.8 Å². The fraction of sp³-hybridized carbons (Fsp3) is 0.294. The maximum Gasteiger partial charge on any atom is 0.338 e. The Morgan fingerprint density at radius 1 is 1.14 bits per heavy atom. The summed E-state index contributed by atoms with van der Waals surface area (Å²) >= 11 is 6.08. The van der Waals surface area contributed by atoms with Crippen LogP contribution in [0, 0.1) is 6.92 Å². The van der Waals surface area contributed by atoms with Gasteiger partial charge in [-0.1, -0.05) is 43.6 Å². The van der Waals surface area contributed by atoms with Crippen LogP contribution in [0.1, 0.15) is 30.9 Å². The highest BCUT2D eigenvalue weighted by atomic mass is 35.5. The summed E-state index contributed by atoms with van der Waals surface area (Å²) in [7, 11) is -3.03. The van der Waals surface area contributed by atoms with Gasteiger partial charge < -0.3 is 9.61 Å². The summed E-state index contributed by atoms with van der Waals surface area (Å²) in [5, 5.41) is 3.59. The SMILES string of the molecule is Cc1c(Cl)cccc1N[P@](C)(=O)Oc1ccc(C(C)C)cc1. The number of rotatable bonds is 5. The highest BCUT2D eigenvalue weighted by molar-refractivity contribution is 7.60. The zero-order valence-electron chi connectivity index (χ0n) is 13.3. The summed E-state index contributed by atoms with van der Waals surface area (Å²) in [6, 6.07) is 13.1. The van der Waals surface area contributed by atoms with Crippen LogP contribution in [0.25, 0.3) is 0 Å². The van der Waals surface area contributed by atoms with Crippen molar-refractivity contribution in [1.29, 1.82) is 0 Å². The van der Waals surface area contributed by atoms with Crippen LogP contribution in [0.15, 0.2) is 42.5 Å². The van der Waals surface area contributed by atoms with E-state index in [2.05, 4.69) is 18.9 Å². The maximum atomic E-state index is 12.7. The van der Waals surface area contributed by atoms with Crippen LogP contribution in [0.4, 0.5) is 5.69 Å². The molecule has 0 unspecified atom stereocenters. The molecule has 0 fully saturated rings. The molecular formula is C17H21ClNO2P. The zero-order chi connectivity index (χ0) is 16.3. The molecule has 1 atom stereocenters. The number of halogens is 1. The lowest BCUT2D eigenvalue weighted by atomic mass is 10.0. The van der Waals surface area contributed by atoms with Gasteiger partial charge in [-0.15, -0.1) is 0 Å². The van der Waals surface area contributed by atoms with E-state index in [-0.39, 0.29) is 0 Å². The van der Waals surface area contributed by atoms with Crippen molar-refractivity contribution in [2.45, 2.75) is 26.7 Å². The van der Waals surface area contributed by atoms with E-state index in [1.807, 2.05) is 43.3 Å². The highest BCUT2D eigenvalue weighted by Crippen LogP contribution is 2.44. The largest absolute Gasteiger partial charge is 0.429 e. The van der Waals surface area contributed by atoms with Gasteiger partial charge in [0.25, 0.3) is 0 Å². The van der Waals surface area contributed by atoms with E-state index in [9.17, 15) is 4.57 Å². The molecule has 0 heterocycles. The second-order valence-corrected chi connectivity index (χ2v) is 8.19. The minimum atomic E-state index is -3.03. The molecule has 0 radical (unpaired) electrons. The van der Waals surface area contributed by atoms with E-state index in [1.54, 1.807) is 12.7 Å². The van der Waals surface area contributed by atoms with E-state index in [0.29, 0.717) is 16.7 Å². The van der Waals surface area contributed by atoms with Crippen LogP contribution in [-0.2, 0) is 4.57 Å². The standard InChI is InChI=1S/C17H21ClNO2P/c1-12(2)14-8-10-15(11-9-14)21-22(4,20)19-17-7-5-6-16(18)13(17)3/h5-12H,1-4H3,(H,19,20)/t22-/m1/s1. The Labute approximate surface area is 137 Å². The Hall–Kier alpha value is -1.44. The lowest BCUT2D eigenvalue weighted by Crippen LogP contribution is -2.03. The van der Waals surface area contributed by atoms with E-state index in [0.717, 1.165) is 11.3 Å². The molecule has 0 aliphatic rings. The smallest absolute Gasteiger partial charge is 0.338 e. The number of benzene rings is 2. The van der Waals surface area contributed by atoms with Crippen molar-refractivity contribution in [3.8, 4) is 5.75 Å². The average Bonchev–Trinajstić information content (AvgIpc) is 2.44. The van der Waals surface area contributed by atoms with Crippen LogP contribution in [-0.4, -0.2) is 6.66 Å².